The van der Waals surface area contributed by atoms with Crippen LogP contribution in [0.15, 0.2) is 78.9 Å². The fourth-order valence-electron chi connectivity index (χ4n) is 3.29. The molecule has 1 aliphatic heterocycles. The number of esters is 2. The van der Waals surface area contributed by atoms with Gasteiger partial charge in [0.1, 0.15) is 11.7 Å². The fraction of sp³-hybridized carbons (Fsp3) is 0.130. The van der Waals surface area contributed by atoms with Crippen molar-refractivity contribution in [1.82, 2.24) is 0 Å². The maximum atomic E-state index is 13.1. The van der Waals surface area contributed by atoms with Crippen LogP contribution in [0.3, 0.4) is 0 Å². The van der Waals surface area contributed by atoms with Crippen LogP contribution in [0.4, 0.5) is 0 Å². The Morgan fingerprint density at radius 1 is 0.929 bits per heavy atom. The SMILES string of the molecule is COc1ccc2c(c1)[C@@H](OC(=O)C(c1ccccc1)c1ccccc1)OC2=O. The molecule has 1 atom stereocenters. The Balaban J connectivity index is 1.66. The topological polar surface area (TPSA) is 61.8 Å². The third kappa shape index (κ3) is 3.34. The van der Waals surface area contributed by atoms with E-state index in [-0.39, 0.29) is 0 Å². The number of carbonyl (C=O) groups excluding carboxylic acids is 2. The molecule has 5 nitrogen and oxygen atoms in total. The van der Waals surface area contributed by atoms with Crippen molar-refractivity contribution in [3.63, 3.8) is 0 Å². The van der Waals surface area contributed by atoms with Gasteiger partial charge in [-0.1, -0.05) is 60.7 Å². The Bertz CT molecular complexity index is 959. The predicted molar refractivity (Wildman–Crippen MR) is 102 cm³/mol. The van der Waals surface area contributed by atoms with Gasteiger partial charge in [-0.2, -0.15) is 0 Å². The minimum absolute atomic E-state index is 0.370. The molecule has 0 saturated carbocycles. The minimum Gasteiger partial charge on any atom is -0.497 e. The number of hydrogen-bond donors (Lipinski definition) is 0. The molecule has 0 aliphatic carbocycles. The zero-order valence-electron chi connectivity index (χ0n) is 15.2. The lowest BCUT2D eigenvalue weighted by Crippen LogP contribution is -2.20. The van der Waals surface area contributed by atoms with Gasteiger partial charge in [0.25, 0.3) is 6.29 Å². The third-order valence-corrected chi connectivity index (χ3v) is 4.67. The molecule has 0 aromatic heterocycles. The molecule has 0 fully saturated rings. The van der Waals surface area contributed by atoms with E-state index in [9.17, 15) is 9.59 Å². The van der Waals surface area contributed by atoms with Crippen LogP contribution >= 0.6 is 0 Å². The van der Waals surface area contributed by atoms with Crippen LogP contribution in [0.5, 0.6) is 5.75 Å². The molecule has 0 spiro atoms. The predicted octanol–water partition coefficient (Wildman–Crippen LogP) is 4.24. The summed E-state index contributed by atoms with van der Waals surface area (Å²) in [4.78, 5) is 25.2. The average Bonchev–Trinajstić information content (AvgIpc) is 3.04. The van der Waals surface area contributed by atoms with E-state index in [1.807, 2.05) is 60.7 Å². The van der Waals surface area contributed by atoms with Crippen LogP contribution in [0.1, 0.15) is 39.3 Å². The molecule has 1 heterocycles. The van der Waals surface area contributed by atoms with Crippen LogP contribution < -0.4 is 4.74 Å². The highest BCUT2D eigenvalue weighted by molar-refractivity contribution is 5.94. The lowest BCUT2D eigenvalue weighted by molar-refractivity contribution is -0.168. The highest BCUT2D eigenvalue weighted by Gasteiger charge is 2.36. The number of rotatable bonds is 5. The lowest BCUT2D eigenvalue weighted by atomic mass is 9.91. The Kier molecular flexibility index (Phi) is 4.81. The van der Waals surface area contributed by atoms with Crippen LogP contribution in [0.2, 0.25) is 0 Å². The van der Waals surface area contributed by atoms with Gasteiger partial charge in [-0.05, 0) is 29.3 Å². The van der Waals surface area contributed by atoms with Crippen LogP contribution in [0.25, 0.3) is 0 Å². The van der Waals surface area contributed by atoms with E-state index in [0.717, 1.165) is 11.1 Å². The molecule has 4 rings (SSSR count). The second-order valence-corrected chi connectivity index (χ2v) is 6.38. The number of ether oxygens (including phenoxy) is 3. The molecule has 0 unspecified atom stereocenters. The van der Waals surface area contributed by atoms with Gasteiger partial charge < -0.3 is 14.2 Å². The lowest BCUT2D eigenvalue weighted by Gasteiger charge is -2.20. The quantitative estimate of drug-likeness (QED) is 0.625. The third-order valence-electron chi connectivity index (χ3n) is 4.67. The zero-order valence-corrected chi connectivity index (χ0v) is 15.2. The maximum Gasteiger partial charge on any atom is 0.342 e. The van der Waals surface area contributed by atoms with Gasteiger partial charge in [0, 0.05) is 0 Å². The van der Waals surface area contributed by atoms with Crippen molar-refractivity contribution in [2.75, 3.05) is 7.11 Å². The van der Waals surface area contributed by atoms with Crippen molar-refractivity contribution in [2.24, 2.45) is 0 Å². The molecule has 3 aromatic carbocycles. The van der Waals surface area contributed by atoms with Crippen molar-refractivity contribution >= 4 is 11.9 Å². The summed E-state index contributed by atoms with van der Waals surface area (Å²) in [6, 6.07) is 23.7. The summed E-state index contributed by atoms with van der Waals surface area (Å²) in [6.07, 6.45) is -1.10. The van der Waals surface area contributed by atoms with Gasteiger partial charge in [-0.25, -0.2) is 4.79 Å². The molecule has 28 heavy (non-hydrogen) atoms. The van der Waals surface area contributed by atoms with Crippen molar-refractivity contribution in [2.45, 2.75) is 12.2 Å². The number of benzene rings is 3. The van der Waals surface area contributed by atoms with Gasteiger partial charge in [-0.3, -0.25) is 4.79 Å². The Morgan fingerprint density at radius 3 is 2.11 bits per heavy atom. The second-order valence-electron chi connectivity index (χ2n) is 6.38. The molecular formula is C23H18O5. The number of fused-ring (bicyclic) bond motifs is 1. The van der Waals surface area contributed by atoms with Gasteiger partial charge in [0.15, 0.2) is 0 Å². The molecule has 0 radical (unpaired) electrons. The largest absolute Gasteiger partial charge is 0.497 e. The number of methoxy groups -OCH3 is 1. The van der Waals surface area contributed by atoms with E-state index in [1.165, 1.54) is 7.11 Å². The van der Waals surface area contributed by atoms with Crippen molar-refractivity contribution < 1.29 is 23.8 Å². The van der Waals surface area contributed by atoms with E-state index in [1.54, 1.807) is 18.2 Å². The molecule has 0 N–H and O–H groups in total. The summed E-state index contributed by atoms with van der Waals surface area (Å²) in [5.41, 5.74) is 2.45. The zero-order chi connectivity index (χ0) is 19.5. The first-order valence-electron chi connectivity index (χ1n) is 8.86. The normalized spacial score (nSPS) is 15.1. The van der Waals surface area contributed by atoms with E-state index in [2.05, 4.69) is 0 Å². The Labute approximate surface area is 162 Å². The van der Waals surface area contributed by atoms with Gasteiger partial charge in [0.2, 0.25) is 0 Å². The van der Waals surface area contributed by atoms with Crippen LogP contribution in [-0.4, -0.2) is 19.0 Å². The van der Waals surface area contributed by atoms with E-state index in [4.69, 9.17) is 14.2 Å². The summed E-state index contributed by atoms with van der Waals surface area (Å²) in [7, 11) is 1.53. The molecule has 0 saturated heterocycles. The summed E-state index contributed by atoms with van der Waals surface area (Å²) in [6.45, 7) is 0. The standard InChI is InChI=1S/C23H18O5/c1-26-17-12-13-18-19(14-17)23(27-21(18)24)28-22(25)20(15-8-4-2-5-9-15)16-10-6-3-7-11-16/h2-14,20,23H,1H3/t23-/m1/s1. The maximum absolute atomic E-state index is 13.1. The van der Waals surface area contributed by atoms with Crippen LogP contribution in [0, 0.1) is 0 Å². The molecule has 0 amide bonds. The molecule has 1 aliphatic rings. The second kappa shape index (κ2) is 7.56. The van der Waals surface area contributed by atoms with Gasteiger partial charge in [0.05, 0.1) is 18.2 Å². The average molecular weight is 374 g/mol. The number of hydrogen-bond acceptors (Lipinski definition) is 5. The van der Waals surface area contributed by atoms with Crippen molar-refractivity contribution in [3.05, 3.63) is 101 Å². The monoisotopic (exact) mass is 374 g/mol. The fourth-order valence-corrected chi connectivity index (χ4v) is 3.29. The minimum atomic E-state index is -1.10. The molecule has 3 aromatic rings. The molecule has 140 valence electrons. The van der Waals surface area contributed by atoms with E-state index < -0.39 is 24.1 Å². The Hall–Kier alpha value is -3.60. The molecule has 5 heteroatoms. The molecule has 0 bridgehead atoms. The summed E-state index contributed by atoms with van der Waals surface area (Å²) in [5.74, 6) is -1.09. The van der Waals surface area contributed by atoms with E-state index in [0.29, 0.717) is 16.9 Å². The first-order valence-corrected chi connectivity index (χ1v) is 8.86. The van der Waals surface area contributed by atoms with Gasteiger partial charge in [-0.15, -0.1) is 0 Å². The first kappa shape index (κ1) is 17.8. The summed E-state index contributed by atoms with van der Waals surface area (Å²) < 4.78 is 16.1. The highest BCUT2D eigenvalue weighted by Crippen LogP contribution is 2.36. The summed E-state index contributed by atoms with van der Waals surface area (Å²) in [5, 5.41) is 0. The van der Waals surface area contributed by atoms with Crippen molar-refractivity contribution in [1.29, 1.82) is 0 Å². The van der Waals surface area contributed by atoms with Crippen molar-refractivity contribution in [3.8, 4) is 5.75 Å². The van der Waals surface area contributed by atoms with Crippen LogP contribution in [-0.2, 0) is 14.3 Å². The number of carbonyl (C=O) groups is 2. The van der Waals surface area contributed by atoms with Gasteiger partial charge >= 0.3 is 11.9 Å². The Morgan fingerprint density at radius 2 is 1.54 bits per heavy atom. The first-order chi connectivity index (χ1) is 13.7. The van der Waals surface area contributed by atoms with E-state index >= 15 is 0 Å². The summed E-state index contributed by atoms with van der Waals surface area (Å²) >= 11 is 0. The smallest absolute Gasteiger partial charge is 0.342 e. The number of cyclic esters (lactones) is 1. The highest BCUT2D eigenvalue weighted by atomic mass is 16.7. The molecular weight excluding hydrogens is 356 g/mol.